The Kier molecular flexibility index (Phi) is 2.49. The van der Waals surface area contributed by atoms with Gasteiger partial charge in [-0.15, -0.1) is 0 Å². The predicted octanol–water partition coefficient (Wildman–Crippen LogP) is 1.55. The Morgan fingerprint density at radius 3 is 2.79 bits per heavy atom. The molecule has 7 heteroatoms. The molecule has 0 unspecified atom stereocenters. The zero-order chi connectivity index (χ0) is 10.3. The molecule has 78 valence electrons. The van der Waals surface area contributed by atoms with Gasteiger partial charge in [0.1, 0.15) is 16.7 Å². The van der Waals surface area contributed by atoms with Crippen LogP contribution >= 0.6 is 22.3 Å². The summed E-state index contributed by atoms with van der Waals surface area (Å²) >= 11 is 5.95. The highest BCUT2D eigenvalue weighted by molar-refractivity contribution is 8.13. The van der Waals surface area contributed by atoms with E-state index in [1.807, 2.05) is 4.57 Å². The van der Waals surface area contributed by atoms with Crippen molar-refractivity contribution in [3.8, 4) is 0 Å². The average molecular weight is 255 g/mol. The molecule has 0 saturated heterocycles. The summed E-state index contributed by atoms with van der Waals surface area (Å²) < 4.78 is 23.5. The molecule has 0 fully saturated rings. The van der Waals surface area contributed by atoms with E-state index in [1.165, 1.54) is 0 Å². The number of aryl methyl sites for hydroxylation is 1. The zero-order valence-corrected chi connectivity index (χ0v) is 9.53. The van der Waals surface area contributed by atoms with Crippen molar-refractivity contribution in [2.75, 3.05) is 0 Å². The molecule has 0 radical (unpaired) electrons. The summed E-state index contributed by atoms with van der Waals surface area (Å²) in [5.74, 6) is 0.554. The first-order chi connectivity index (χ1) is 6.47. The summed E-state index contributed by atoms with van der Waals surface area (Å²) in [6.07, 6.45) is 1.86. The van der Waals surface area contributed by atoms with Crippen molar-refractivity contribution in [2.24, 2.45) is 0 Å². The third kappa shape index (κ3) is 1.89. The Balaban J connectivity index is 2.37. The minimum Gasteiger partial charge on any atom is -0.319 e. The van der Waals surface area contributed by atoms with E-state index in [0.29, 0.717) is 10.8 Å². The average Bonchev–Trinajstić information content (AvgIpc) is 2.55. The number of imidazole rings is 1. The van der Waals surface area contributed by atoms with Gasteiger partial charge in [-0.05, 0) is 6.42 Å². The van der Waals surface area contributed by atoms with E-state index in [4.69, 9.17) is 22.3 Å². The summed E-state index contributed by atoms with van der Waals surface area (Å²) in [4.78, 5) is 4.14. The Morgan fingerprint density at radius 1 is 1.50 bits per heavy atom. The highest BCUT2D eigenvalue weighted by Crippen LogP contribution is 2.26. The second-order valence-electron chi connectivity index (χ2n) is 3.20. The first-order valence-electron chi connectivity index (χ1n) is 4.13. The van der Waals surface area contributed by atoms with Crippen LogP contribution in [0.1, 0.15) is 17.9 Å². The topological polar surface area (TPSA) is 52.0 Å². The number of nitrogens with zero attached hydrogens (tertiary/aromatic N) is 2. The van der Waals surface area contributed by atoms with Gasteiger partial charge in [-0.25, -0.2) is 13.4 Å². The van der Waals surface area contributed by atoms with Gasteiger partial charge in [0, 0.05) is 23.6 Å². The molecule has 0 bridgehead atoms. The van der Waals surface area contributed by atoms with Gasteiger partial charge in [-0.2, -0.15) is 0 Å². The van der Waals surface area contributed by atoms with Crippen molar-refractivity contribution in [3.63, 3.8) is 0 Å². The van der Waals surface area contributed by atoms with Gasteiger partial charge in [-0.1, -0.05) is 11.6 Å². The molecule has 2 rings (SSSR count). The van der Waals surface area contributed by atoms with Crippen LogP contribution in [0.5, 0.6) is 0 Å². The van der Waals surface area contributed by atoms with Gasteiger partial charge in [0.15, 0.2) is 0 Å². The maximum atomic E-state index is 10.8. The Morgan fingerprint density at radius 2 is 2.21 bits per heavy atom. The van der Waals surface area contributed by atoms with Gasteiger partial charge in [0.2, 0.25) is 9.05 Å². The van der Waals surface area contributed by atoms with Crippen molar-refractivity contribution >= 4 is 31.3 Å². The molecule has 0 amide bonds. The molecule has 0 N–H and O–H groups in total. The lowest BCUT2D eigenvalue weighted by Gasteiger charge is -1.97. The molecule has 1 aromatic rings. The smallest absolute Gasteiger partial charge is 0.238 e. The van der Waals surface area contributed by atoms with Crippen LogP contribution in [-0.4, -0.2) is 18.0 Å². The first kappa shape index (κ1) is 10.3. The van der Waals surface area contributed by atoms with Crippen molar-refractivity contribution in [2.45, 2.75) is 25.1 Å². The maximum absolute atomic E-state index is 10.8. The van der Waals surface area contributed by atoms with E-state index in [9.17, 15) is 8.42 Å². The summed E-state index contributed by atoms with van der Waals surface area (Å²) in [6, 6.07) is 0. The van der Waals surface area contributed by atoms with Gasteiger partial charge in [0.05, 0.1) is 5.69 Å². The maximum Gasteiger partial charge on any atom is 0.238 e. The Bertz CT molecular complexity index is 466. The Labute approximate surface area is 91.3 Å². The first-order valence-corrected chi connectivity index (χ1v) is 6.99. The monoisotopic (exact) mass is 254 g/mol. The van der Waals surface area contributed by atoms with Crippen LogP contribution in [0.3, 0.4) is 0 Å². The minimum atomic E-state index is -3.58. The van der Waals surface area contributed by atoms with E-state index < -0.39 is 9.05 Å². The lowest BCUT2D eigenvalue weighted by atomic mass is 10.4. The van der Waals surface area contributed by atoms with Crippen LogP contribution in [0.4, 0.5) is 0 Å². The number of aromatic nitrogens is 2. The molecule has 1 aliphatic heterocycles. The molecule has 1 aromatic heterocycles. The van der Waals surface area contributed by atoms with Crippen LogP contribution in [0.25, 0.3) is 0 Å². The molecule has 0 aliphatic carbocycles. The molecular formula is C7H8Cl2N2O2S. The second kappa shape index (κ2) is 3.40. The van der Waals surface area contributed by atoms with Crippen LogP contribution in [-0.2, 0) is 27.8 Å². The largest absolute Gasteiger partial charge is 0.319 e. The van der Waals surface area contributed by atoms with Crippen molar-refractivity contribution in [1.29, 1.82) is 0 Å². The number of halogens is 2. The third-order valence-electron chi connectivity index (χ3n) is 2.14. The van der Waals surface area contributed by atoms with Crippen molar-refractivity contribution in [3.05, 3.63) is 16.7 Å². The number of rotatable bonds is 2. The van der Waals surface area contributed by atoms with Crippen LogP contribution in [0.15, 0.2) is 0 Å². The summed E-state index contributed by atoms with van der Waals surface area (Å²) in [6.45, 7) is 0.809. The van der Waals surface area contributed by atoms with E-state index in [2.05, 4.69) is 4.98 Å². The van der Waals surface area contributed by atoms with Gasteiger partial charge in [0.25, 0.3) is 0 Å². The number of hydrogen-bond donors (Lipinski definition) is 0. The van der Waals surface area contributed by atoms with Crippen LogP contribution in [0, 0.1) is 0 Å². The quantitative estimate of drug-likeness (QED) is 0.753. The van der Waals surface area contributed by atoms with Crippen molar-refractivity contribution < 1.29 is 8.42 Å². The summed E-state index contributed by atoms with van der Waals surface area (Å²) in [7, 11) is 1.55. The number of hydrogen-bond acceptors (Lipinski definition) is 3. The van der Waals surface area contributed by atoms with E-state index in [-0.39, 0.29) is 5.75 Å². The lowest BCUT2D eigenvalue weighted by Crippen LogP contribution is -1.97. The van der Waals surface area contributed by atoms with E-state index in [0.717, 1.165) is 25.2 Å². The molecule has 14 heavy (non-hydrogen) atoms. The van der Waals surface area contributed by atoms with Crippen LogP contribution in [0.2, 0.25) is 5.15 Å². The molecule has 0 atom stereocenters. The number of fused-ring (bicyclic) bond motifs is 1. The van der Waals surface area contributed by atoms with Gasteiger partial charge in [-0.3, -0.25) is 0 Å². The highest BCUT2D eigenvalue weighted by atomic mass is 35.7. The molecule has 0 spiro atoms. The fourth-order valence-corrected chi connectivity index (χ4v) is 2.81. The molecular weight excluding hydrogens is 247 g/mol. The predicted molar refractivity (Wildman–Crippen MR) is 54.0 cm³/mol. The van der Waals surface area contributed by atoms with Gasteiger partial charge >= 0.3 is 0 Å². The molecule has 4 nitrogen and oxygen atoms in total. The SMILES string of the molecule is O=S(=O)(Cl)Cc1nc2n(c1Cl)CCC2. The Hall–Kier alpha value is -0.260. The van der Waals surface area contributed by atoms with Crippen LogP contribution < -0.4 is 0 Å². The van der Waals surface area contributed by atoms with E-state index >= 15 is 0 Å². The molecule has 1 aliphatic rings. The fourth-order valence-electron chi connectivity index (χ4n) is 1.60. The normalized spacial score (nSPS) is 15.9. The molecule has 2 heterocycles. The van der Waals surface area contributed by atoms with Gasteiger partial charge < -0.3 is 4.57 Å². The minimum absolute atomic E-state index is 0.298. The zero-order valence-electron chi connectivity index (χ0n) is 7.20. The van der Waals surface area contributed by atoms with Crippen molar-refractivity contribution in [1.82, 2.24) is 9.55 Å². The molecule has 0 saturated carbocycles. The fraction of sp³-hybridized carbons (Fsp3) is 0.571. The third-order valence-corrected chi connectivity index (χ3v) is 3.51. The summed E-state index contributed by atoms with van der Waals surface area (Å²) in [5, 5.41) is 0.404. The molecule has 0 aromatic carbocycles. The lowest BCUT2D eigenvalue weighted by molar-refractivity contribution is 0.608. The second-order valence-corrected chi connectivity index (χ2v) is 6.34. The highest BCUT2D eigenvalue weighted by Gasteiger charge is 2.22. The summed E-state index contributed by atoms with van der Waals surface area (Å²) in [5.41, 5.74) is 0.358. The standard InChI is InChI=1S/C7H8Cl2N2O2S/c8-7-5(4-14(9,12)13)10-6-2-1-3-11(6)7/h1-4H2. The van der Waals surface area contributed by atoms with E-state index in [1.54, 1.807) is 0 Å².